The Morgan fingerprint density at radius 1 is 1.21 bits per heavy atom. The maximum atomic E-state index is 6.08. The number of rotatable bonds is 4. The van der Waals surface area contributed by atoms with Gasteiger partial charge in [0, 0.05) is 54.9 Å². The molecule has 7 heteroatoms. The van der Waals surface area contributed by atoms with Crippen molar-refractivity contribution in [2.75, 3.05) is 19.6 Å². The summed E-state index contributed by atoms with van der Waals surface area (Å²) in [7, 11) is 0. The molecule has 3 aromatic heterocycles. The number of nitrogens with one attached hydrogen (secondary N) is 1. The van der Waals surface area contributed by atoms with E-state index in [0.717, 1.165) is 35.9 Å². The van der Waals surface area contributed by atoms with E-state index in [2.05, 4.69) is 31.7 Å². The van der Waals surface area contributed by atoms with E-state index in [-0.39, 0.29) is 12.4 Å². The number of benzene rings is 1. The summed E-state index contributed by atoms with van der Waals surface area (Å²) >= 11 is 0. The van der Waals surface area contributed by atoms with Crippen LogP contribution in [0.4, 0.5) is 0 Å². The number of piperidine rings is 3. The summed E-state index contributed by atoms with van der Waals surface area (Å²) < 4.78 is 8.13. The van der Waals surface area contributed by atoms with Gasteiger partial charge in [-0.2, -0.15) is 0 Å². The van der Waals surface area contributed by atoms with E-state index in [1.807, 2.05) is 18.6 Å². The molecule has 0 saturated carbocycles. The van der Waals surface area contributed by atoms with Gasteiger partial charge in [-0.05, 0) is 49.5 Å². The van der Waals surface area contributed by atoms with Crippen LogP contribution in [-0.2, 0) is 13.0 Å². The average molecular weight is 398 g/mol. The van der Waals surface area contributed by atoms with Gasteiger partial charge < -0.3 is 18.9 Å². The third-order valence-corrected chi connectivity index (χ3v) is 6.48. The third-order valence-electron chi connectivity index (χ3n) is 6.48. The van der Waals surface area contributed by atoms with Crippen LogP contribution >= 0.6 is 12.4 Å². The maximum absolute atomic E-state index is 6.08. The molecule has 146 valence electrons. The number of H-pyrrole nitrogens is 1. The van der Waals surface area contributed by atoms with Crippen molar-refractivity contribution in [3.8, 4) is 0 Å². The summed E-state index contributed by atoms with van der Waals surface area (Å²) in [6.07, 6.45) is 11.2. The molecule has 28 heavy (non-hydrogen) atoms. The number of imidazole rings is 1. The molecule has 2 bridgehead atoms. The fourth-order valence-corrected chi connectivity index (χ4v) is 5.04. The monoisotopic (exact) mass is 397 g/mol. The van der Waals surface area contributed by atoms with E-state index in [4.69, 9.17) is 9.40 Å². The molecule has 3 fully saturated rings. The number of aryl methyl sites for hydroxylation is 2. The summed E-state index contributed by atoms with van der Waals surface area (Å²) in [6.45, 7) is 4.54. The van der Waals surface area contributed by atoms with Gasteiger partial charge in [0.15, 0.2) is 11.5 Å². The first-order valence-corrected chi connectivity index (χ1v) is 9.92. The molecular formula is C21H24ClN5O. The van der Waals surface area contributed by atoms with Crippen LogP contribution in [0, 0.1) is 5.92 Å². The highest BCUT2D eigenvalue weighted by Crippen LogP contribution is 2.42. The second-order valence-electron chi connectivity index (χ2n) is 7.98. The summed E-state index contributed by atoms with van der Waals surface area (Å²) in [5, 5.41) is 1.27. The van der Waals surface area contributed by atoms with E-state index in [1.54, 1.807) is 6.20 Å². The van der Waals surface area contributed by atoms with Crippen LogP contribution in [0.2, 0.25) is 0 Å². The van der Waals surface area contributed by atoms with E-state index in [0.29, 0.717) is 5.92 Å². The Hall–Kier alpha value is -2.31. The van der Waals surface area contributed by atoms with E-state index < -0.39 is 0 Å². The molecule has 0 spiro atoms. The molecule has 3 aliphatic rings. The second kappa shape index (κ2) is 6.94. The Labute approximate surface area is 169 Å². The average Bonchev–Trinajstić information content (AvgIpc) is 3.45. The molecule has 7 rings (SSSR count). The zero-order valence-corrected chi connectivity index (χ0v) is 16.5. The Morgan fingerprint density at radius 2 is 2.11 bits per heavy atom. The predicted octanol–water partition coefficient (Wildman–Crippen LogP) is 3.98. The normalized spacial score (nSPS) is 24.1. The second-order valence-corrected chi connectivity index (χ2v) is 7.98. The number of halogens is 1. The highest BCUT2D eigenvalue weighted by atomic mass is 35.5. The molecule has 1 unspecified atom stereocenters. The SMILES string of the molecule is Cl.c1cn(CCc2nc3c(ccc4[nH]cc(C5CN6CCC5CC6)c43)o2)cn1. The Morgan fingerprint density at radius 3 is 2.86 bits per heavy atom. The number of oxazole rings is 1. The maximum Gasteiger partial charge on any atom is 0.197 e. The Balaban J connectivity index is 0.00000171. The summed E-state index contributed by atoms with van der Waals surface area (Å²) in [5.74, 6) is 2.21. The van der Waals surface area contributed by atoms with E-state index in [9.17, 15) is 0 Å². The molecule has 1 atom stereocenters. The van der Waals surface area contributed by atoms with Crippen LogP contribution in [0.5, 0.6) is 0 Å². The molecular weight excluding hydrogens is 374 g/mol. The number of hydrogen-bond acceptors (Lipinski definition) is 4. The molecule has 6 nitrogen and oxygen atoms in total. The molecule has 3 aliphatic heterocycles. The molecule has 3 saturated heterocycles. The number of fused-ring (bicyclic) bond motifs is 6. The molecule has 0 aliphatic carbocycles. The Bertz CT molecular complexity index is 1090. The summed E-state index contributed by atoms with van der Waals surface area (Å²) in [6, 6.07) is 4.18. The standard InChI is InChI=1S/C21H23N5O.ClH/c1-2-18-21(24-19(27-18)5-9-26-10-6-22-13-26)20-15(11-23-17(1)20)16-12-25-7-3-14(16)4-8-25;/h1-2,6,10-11,13-14,16,23H,3-5,7-9,12H2;1H. The number of aromatic amines is 1. The summed E-state index contributed by atoms with van der Waals surface area (Å²) in [4.78, 5) is 15.1. The fraction of sp³-hybridized carbons (Fsp3) is 0.429. The lowest BCUT2D eigenvalue weighted by molar-refractivity contribution is 0.0877. The van der Waals surface area contributed by atoms with Crippen molar-refractivity contribution in [3.05, 3.63) is 48.5 Å². The zero-order chi connectivity index (χ0) is 17.8. The lowest BCUT2D eigenvalue weighted by Gasteiger charge is -2.44. The number of hydrogen-bond donors (Lipinski definition) is 1. The molecule has 6 heterocycles. The minimum atomic E-state index is 0. The minimum absolute atomic E-state index is 0. The van der Waals surface area contributed by atoms with Crippen LogP contribution in [-0.4, -0.2) is 44.1 Å². The topological polar surface area (TPSA) is 62.9 Å². The quantitative estimate of drug-likeness (QED) is 0.565. The predicted molar refractivity (Wildman–Crippen MR) is 111 cm³/mol. The van der Waals surface area contributed by atoms with Crippen LogP contribution in [0.1, 0.15) is 30.2 Å². The third kappa shape index (κ3) is 2.83. The van der Waals surface area contributed by atoms with Gasteiger partial charge in [0.05, 0.1) is 6.33 Å². The highest BCUT2D eigenvalue weighted by Gasteiger charge is 2.36. The van der Waals surface area contributed by atoms with Crippen molar-refractivity contribution >= 4 is 34.4 Å². The van der Waals surface area contributed by atoms with Gasteiger partial charge in [-0.3, -0.25) is 0 Å². The van der Waals surface area contributed by atoms with Crippen molar-refractivity contribution in [2.24, 2.45) is 5.92 Å². The largest absolute Gasteiger partial charge is 0.441 e. The van der Waals surface area contributed by atoms with Gasteiger partial charge in [0.1, 0.15) is 5.52 Å². The molecule has 1 N–H and O–H groups in total. The van der Waals surface area contributed by atoms with Gasteiger partial charge in [0.25, 0.3) is 0 Å². The Kier molecular flexibility index (Phi) is 4.40. The first kappa shape index (κ1) is 17.8. The van der Waals surface area contributed by atoms with Crippen molar-refractivity contribution in [1.29, 1.82) is 0 Å². The van der Waals surface area contributed by atoms with Crippen molar-refractivity contribution in [1.82, 2.24) is 24.4 Å². The van der Waals surface area contributed by atoms with Gasteiger partial charge in [0.2, 0.25) is 0 Å². The van der Waals surface area contributed by atoms with Gasteiger partial charge in [-0.25, -0.2) is 9.97 Å². The molecule has 1 aromatic carbocycles. The van der Waals surface area contributed by atoms with Crippen LogP contribution in [0.3, 0.4) is 0 Å². The van der Waals surface area contributed by atoms with Crippen LogP contribution < -0.4 is 0 Å². The minimum Gasteiger partial charge on any atom is -0.441 e. The fourth-order valence-electron chi connectivity index (χ4n) is 5.04. The first-order chi connectivity index (χ1) is 13.3. The van der Waals surface area contributed by atoms with Gasteiger partial charge in [-0.15, -0.1) is 12.4 Å². The van der Waals surface area contributed by atoms with E-state index >= 15 is 0 Å². The van der Waals surface area contributed by atoms with Gasteiger partial charge in [-0.1, -0.05) is 0 Å². The number of aromatic nitrogens is 4. The lowest BCUT2D eigenvalue weighted by atomic mass is 9.75. The van der Waals surface area contributed by atoms with Crippen LogP contribution in [0.25, 0.3) is 22.0 Å². The molecule has 4 aromatic rings. The van der Waals surface area contributed by atoms with Crippen molar-refractivity contribution in [3.63, 3.8) is 0 Å². The van der Waals surface area contributed by atoms with Crippen molar-refractivity contribution in [2.45, 2.75) is 31.7 Å². The first-order valence-electron chi connectivity index (χ1n) is 9.92. The zero-order valence-electron chi connectivity index (χ0n) is 15.7. The van der Waals surface area contributed by atoms with Gasteiger partial charge >= 0.3 is 0 Å². The summed E-state index contributed by atoms with van der Waals surface area (Å²) in [5.41, 5.74) is 4.51. The smallest absolute Gasteiger partial charge is 0.197 e. The van der Waals surface area contributed by atoms with Crippen LogP contribution in [0.15, 0.2) is 41.5 Å². The van der Waals surface area contributed by atoms with E-state index in [1.165, 1.54) is 48.9 Å². The van der Waals surface area contributed by atoms with Crippen molar-refractivity contribution < 1.29 is 4.42 Å². The lowest BCUT2D eigenvalue weighted by Crippen LogP contribution is -2.46. The molecule has 0 amide bonds. The molecule has 0 radical (unpaired) electrons. The highest BCUT2D eigenvalue weighted by molar-refractivity contribution is 6.04. The number of nitrogens with zero attached hydrogens (tertiary/aromatic N) is 4.